The van der Waals surface area contributed by atoms with Crippen molar-refractivity contribution in [2.75, 3.05) is 0 Å². The summed E-state index contributed by atoms with van der Waals surface area (Å²) in [6.45, 7) is 0. The lowest BCUT2D eigenvalue weighted by Gasteiger charge is -2.17. The van der Waals surface area contributed by atoms with Crippen LogP contribution >= 0.6 is 11.3 Å². The van der Waals surface area contributed by atoms with E-state index < -0.39 is 0 Å². The van der Waals surface area contributed by atoms with Crippen molar-refractivity contribution in [2.24, 2.45) is 0 Å². The van der Waals surface area contributed by atoms with E-state index in [2.05, 4.69) is 22.5 Å². The molecule has 3 heteroatoms. The molecule has 1 aromatic carbocycles. The Morgan fingerprint density at radius 1 is 1.11 bits per heavy atom. The fraction of sp³-hybridized carbons (Fsp3) is 0.133. The molecule has 4 rings (SSSR count). The molecule has 2 heterocycles. The van der Waals surface area contributed by atoms with Gasteiger partial charge in [-0.25, -0.2) is 0 Å². The van der Waals surface area contributed by atoms with Crippen LogP contribution in [0.25, 0.3) is 22.0 Å². The Morgan fingerprint density at radius 2 is 2.00 bits per heavy atom. The molecule has 0 unspecified atom stereocenters. The van der Waals surface area contributed by atoms with Crippen molar-refractivity contribution in [3.8, 4) is 11.1 Å². The highest BCUT2D eigenvalue weighted by molar-refractivity contribution is 7.10. The number of aromatic amines is 1. The first-order chi connectivity index (χ1) is 8.84. The van der Waals surface area contributed by atoms with Gasteiger partial charge in [0.25, 0.3) is 5.56 Å². The summed E-state index contributed by atoms with van der Waals surface area (Å²) in [7, 11) is 0. The van der Waals surface area contributed by atoms with E-state index in [1.165, 1.54) is 10.4 Å². The molecular weight excluding hydrogens is 242 g/mol. The molecule has 1 aliphatic rings. The number of fused-ring (bicyclic) bond motifs is 5. The molecule has 0 fully saturated rings. The Balaban J connectivity index is 2.24. The third-order valence-corrected chi connectivity index (χ3v) is 4.62. The van der Waals surface area contributed by atoms with Gasteiger partial charge in [-0.2, -0.15) is 0 Å². The van der Waals surface area contributed by atoms with E-state index in [0.29, 0.717) is 0 Å². The topological polar surface area (TPSA) is 32.9 Å². The summed E-state index contributed by atoms with van der Waals surface area (Å²) < 4.78 is 0. The second-order valence-corrected chi connectivity index (χ2v) is 5.61. The molecule has 0 saturated heterocycles. The van der Waals surface area contributed by atoms with Crippen molar-refractivity contribution in [2.45, 2.75) is 12.8 Å². The summed E-state index contributed by atoms with van der Waals surface area (Å²) in [6.07, 6.45) is 1.84. The van der Waals surface area contributed by atoms with Crippen LogP contribution in [0.2, 0.25) is 0 Å². The molecule has 0 amide bonds. The van der Waals surface area contributed by atoms with Gasteiger partial charge in [-0.3, -0.25) is 4.79 Å². The zero-order valence-corrected chi connectivity index (χ0v) is 10.5. The lowest BCUT2D eigenvalue weighted by atomic mass is 9.89. The molecule has 0 saturated carbocycles. The number of aromatic nitrogens is 1. The van der Waals surface area contributed by atoms with Gasteiger partial charge < -0.3 is 4.98 Å². The largest absolute Gasteiger partial charge is 0.322 e. The van der Waals surface area contributed by atoms with Gasteiger partial charge in [-0.05, 0) is 35.9 Å². The monoisotopic (exact) mass is 253 g/mol. The number of hydrogen-bond acceptors (Lipinski definition) is 2. The van der Waals surface area contributed by atoms with Gasteiger partial charge in [0.15, 0.2) is 0 Å². The Hall–Kier alpha value is -1.87. The van der Waals surface area contributed by atoms with E-state index in [-0.39, 0.29) is 5.56 Å². The normalized spacial score (nSPS) is 13.3. The van der Waals surface area contributed by atoms with Crippen molar-refractivity contribution in [3.05, 3.63) is 56.5 Å². The smallest absolute Gasteiger partial charge is 0.252 e. The van der Waals surface area contributed by atoms with Gasteiger partial charge in [-0.1, -0.05) is 18.2 Å². The number of nitrogens with one attached hydrogen (secondary N) is 1. The lowest BCUT2D eigenvalue weighted by Crippen LogP contribution is -2.18. The third-order valence-electron chi connectivity index (χ3n) is 3.64. The van der Waals surface area contributed by atoms with Crippen LogP contribution in [0.5, 0.6) is 0 Å². The Bertz CT molecular complexity index is 813. The highest BCUT2D eigenvalue weighted by atomic mass is 32.1. The fourth-order valence-corrected chi connectivity index (χ4v) is 3.71. The molecule has 3 aromatic rings. The maximum atomic E-state index is 12.2. The molecule has 2 aromatic heterocycles. The van der Waals surface area contributed by atoms with Crippen molar-refractivity contribution < 1.29 is 0 Å². The molecule has 0 spiro atoms. The minimum absolute atomic E-state index is 0.0700. The Labute approximate surface area is 108 Å². The van der Waals surface area contributed by atoms with Gasteiger partial charge in [0.1, 0.15) is 0 Å². The number of pyridine rings is 1. The van der Waals surface area contributed by atoms with Crippen LogP contribution in [0.3, 0.4) is 0 Å². The molecule has 88 valence electrons. The number of aryl methyl sites for hydroxylation is 1. The third kappa shape index (κ3) is 1.25. The highest BCUT2D eigenvalue weighted by Crippen LogP contribution is 2.38. The fourth-order valence-electron chi connectivity index (χ4n) is 2.83. The van der Waals surface area contributed by atoms with E-state index in [1.54, 1.807) is 11.3 Å². The Kier molecular flexibility index (Phi) is 2.00. The van der Waals surface area contributed by atoms with Crippen molar-refractivity contribution in [1.29, 1.82) is 0 Å². The molecule has 0 radical (unpaired) electrons. The number of rotatable bonds is 0. The molecule has 0 atom stereocenters. The summed E-state index contributed by atoms with van der Waals surface area (Å²) in [5.41, 5.74) is 4.35. The van der Waals surface area contributed by atoms with E-state index in [1.807, 2.05) is 18.2 Å². The summed E-state index contributed by atoms with van der Waals surface area (Å²) >= 11 is 1.79. The van der Waals surface area contributed by atoms with Crippen LogP contribution in [0.15, 0.2) is 40.5 Å². The van der Waals surface area contributed by atoms with Crippen molar-refractivity contribution in [1.82, 2.24) is 4.98 Å². The number of hydrogen-bond donors (Lipinski definition) is 1. The van der Waals surface area contributed by atoms with Crippen LogP contribution in [0, 0.1) is 0 Å². The van der Waals surface area contributed by atoms with E-state index in [0.717, 1.165) is 34.9 Å². The number of thiophene rings is 1. The second-order valence-electron chi connectivity index (χ2n) is 4.61. The van der Waals surface area contributed by atoms with Crippen LogP contribution in [-0.2, 0) is 12.8 Å². The maximum Gasteiger partial charge on any atom is 0.252 e. The maximum absolute atomic E-state index is 12.2. The van der Waals surface area contributed by atoms with Gasteiger partial charge in [-0.15, -0.1) is 11.3 Å². The summed E-state index contributed by atoms with van der Waals surface area (Å²) in [6, 6.07) is 10.2. The molecule has 0 bridgehead atoms. The zero-order chi connectivity index (χ0) is 12.1. The first kappa shape index (κ1) is 10.1. The molecular formula is C15H11NOS. The second kappa shape index (κ2) is 3.56. The van der Waals surface area contributed by atoms with Gasteiger partial charge in [0, 0.05) is 26.9 Å². The molecule has 0 aliphatic heterocycles. The molecule has 1 aliphatic carbocycles. The van der Waals surface area contributed by atoms with Crippen LogP contribution in [0.4, 0.5) is 0 Å². The van der Waals surface area contributed by atoms with Gasteiger partial charge in [0.2, 0.25) is 0 Å². The van der Waals surface area contributed by atoms with E-state index in [4.69, 9.17) is 0 Å². The molecule has 2 nitrogen and oxygen atoms in total. The molecule has 18 heavy (non-hydrogen) atoms. The first-order valence-electron chi connectivity index (χ1n) is 6.05. The first-order valence-corrected chi connectivity index (χ1v) is 6.93. The van der Waals surface area contributed by atoms with Crippen LogP contribution < -0.4 is 5.56 Å². The van der Waals surface area contributed by atoms with E-state index >= 15 is 0 Å². The summed E-state index contributed by atoms with van der Waals surface area (Å²) in [5.74, 6) is 0. The number of para-hydroxylation sites is 1. The predicted octanol–water partition coefficient (Wildman–Crippen LogP) is 3.36. The highest BCUT2D eigenvalue weighted by Gasteiger charge is 2.21. The van der Waals surface area contributed by atoms with Crippen molar-refractivity contribution in [3.63, 3.8) is 0 Å². The SMILES string of the molecule is O=c1[nH]c2ccccc2c2c1CCc1sccc1-2. The number of H-pyrrole nitrogens is 1. The minimum Gasteiger partial charge on any atom is -0.322 e. The van der Waals surface area contributed by atoms with E-state index in [9.17, 15) is 4.79 Å². The standard InChI is InChI=1S/C15H11NOS/c17-15-11-5-6-13-10(7-8-18-13)14(11)9-3-1-2-4-12(9)16-15/h1-4,7-8H,5-6H2,(H,16,17). The van der Waals surface area contributed by atoms with Gasteiger partial charge >= 0.3 is 0 Å². The summed E-state index contributed by atoms with van der Waals surface area (Å²) in [4.78, 5) is 16.5. The molecule has 1 N–H and O–H groups in total. The van der Waals surface area contributed by atoms with Crippen molar-refractivity contribution >= 4 is 22.2 Å². The average Bonchev–Trinajstić information content (AvgIpc) is 2.86. The zero-order valence-electron chi connectivity index (χ0n) is 9.69. The van der Waals surface area contributed by atoms with Crippen LogP contribution in [-0.4, -0.2) is 4.98 Å². The van der Waals surface area contributed by atoms with Crippen LogP contribution in [0.1, 0.15) is 10.4 Å². The minimum atomic E-state index is 0.0700. The predicted molar refractivity (Wildman–Crippen MR) is 75.3 cm³/mol. The lowest BCUT2D eigenvalue weighted by molar-refractivity contribution is 0.942. The van der Waals surface area contributed by atoms with Gasteiger partial charge in [0.05, 0.1) is 0 Å². The quantitative estimate of drug-likeness (QED) is 0.654. The number of benzene rings is 1. The Morgan fingerprint density at radius 3 is 2.94 bits per heavy atom. The summed E-state index contributed by atoms with van der Waals surface area (Å²) in [5, 5.41) is 3.28. The average molecular weight is 253 g/mol.